The van der Waals surface area contributed by atoms with Gasteiger partial charge in [0.25, 0.3) is 0 Å². The van der Waals surface area contributed by atoms with Gasteiger partial charge in [0, 0.05) is 10.8 Å². The number of carbonyl (C=O) groups excluding carboxylic acids is 1. The fraction of sp³-hybridized carbons (Fsp3) is 0.409. The van der Waals surface area contributed by atoms with Crippen molar-refractivity contribution in [2.75, 3.05) is 0 Å². The van der Waals surface area contributed by atoms with Crippen molar-refractivity contribution in [2.24, 2.45) is 11.8 Å². The number of hydrogen-bond acceptors (Lipinski definition) is 4. The Kier molecular flexibility index (Phi) is 6.38. The van der Waals surface area contributed by atoms with Crippen LogP contribution in [0.3, 0.4) is 0 Å². The predicted octanol–water partition coefficient (Wildman–Crippen LogP) is 5.41. The summed E-state index contributed by atoms with van der Waals surface area (Å²) in [6, 6.07) is 19.3. The average molecular weight is 371 g/mol. The molecule has 26 heavy (non-hydrogen) atoms. The summed E-state index contributed by atoms with van der Waals surface area (Å²) in [6.07, 6.45) is 0.860. The van der Waals surface area contributed by atoms with Crippen LogP contribution in [0.1, 0.15) is 37.6 Å². The molecule has 1 fully saturated rings. The molecule has 2 aromatic rings. The molecular formula is C22H26O3S. The van der Waals surface area contributed by atoms with E-state index in [1.807, 2.05) is 36.4 Å². The quantitative estimate of drug-likeness (QED) is 0.637. The van der Waals surface area contributed by atoms with Crippen molar-refractivity contribution in [1.29, 1.82) is 0 Å². The Morgan fingerprint density at radius 3 is 2.35 bits per heavy atom. The van der Waals surface area contributed by atoms with Crippen LogP contribution in [0, 0.1) is 11.8 Å². The Labute approximate surface area is 160 Å². The van der Waals surface area contributed by atoms with E-state index in [1.165, 1.54) is 0 Å². The molecule has 2 aromatic carbocycles. The molecule has 0 amide bonds. The number of hydrogen-bond donors (Lipinski definition) is 0. The average Bonchev–Trinajstić information content (AvgIpc) is 2.98. The van der Waals surface area contributed by atoms with E-state index >= 15 is 0 Å². The van der Waals surface area contributed by atoms with E-state index in [2.05, 4.69) is 32.9 Å². The van der Waals surface area contributed by atoms with Gasteiger partial charge in [0.2, 0.25) is 0 Å². The highest BCUT2D eigenvalue weighted by Gasteiger charge is 2.46. The fourth-order valence-corrected chi connectivity index (χ4v) is 4.54. The lowest BCUT2D eigenvalue weighted by Gasteiger charge is -2.23. The topological polar surface area (TPSA) is 35.5 Å². The first-order valence-electron chi connectivity index (χ1n) is 9.23. The first kappa shape index (κ1) is 19.0. The monoisotopic (exact) mass is 370 g/mol. The molecule has 5 atom stereocenters. The summed E-state index contributed by atoms with van der Waals surface area (Å²) in [4.78, 5) is 13.7. The van der Waals surface area contributed by atoms with Crippen molar-refractivity contribution in [3.63, 3.8) is 0 Å². The summed E-state index contributed by atoms with van der Waals surface area (Å²) in [6.45, 7) is 6.50. The number of esters is 1. The summed E-state index contributed by atoms with van der Waals surface area (Å²) >= 11 is 1.63. The van der Waals surface area contributed by atoms with Crippen LogP contribution in [0.4, 0.5) is 0 Å². The Morgan fingerprint density at radius 2 is 1.73 bits per heavy atom. The maximum absolute atomic E-state index is 12.6. The minimum absolute atomic E-state index is 0.0924. The van der Waals surface area contributed by atoms with Gasteiger partial charge >= 0.3 is 5.97 Å². The molecule has 138 valence electrons. The van der Waals surface area contributed by atoms with Gasteiger partial charge in [-0.3, -0.25) is 0 Å². The lowest BCUT2D eigenvalue weighted by atomic mass is 9.90. The van der Waals surface area contributed by atoms with E-state index in [9.17, 15) is 4.79 Å². The zero-order valence-electron chi connectivity index (χ0n) is 15.5. The number of rotatable bonds is 6. The molecule has 0 spiro atoms. The van der Waals surface area contributed by atoms with E-state index in [-0.39, 0.29) is 29.5 Å². The minimum Gasteiger partial charge on any atom is -0.455 e. The molecule has 0 aliphatic carbocycles. The summed E-state index contributed by atoms with van der Waals surface area (Å²) < 4.78 is 12.3. The van der Waals surface area contributed by atoms with Gasteiger partial charge in [-0.25, -0.2) is 4.79 Å². The van der Waals surface area contributed by atoms with Gasteiger partial charge in [-0.1, -0.05) is 75.4 Å². The van der Waals surface area contributed by atoms with Crippen LogP contribution in [0.15, 0.2) is 65.6 Å². The zero-order chi connectivity index (χ0) is 18.5. The van der Waals surface area contributed by atoms with Crippen LogP contribution in [0.5, 0.6) is 0 Å². The largest absolute Gasteiger partial charge is 0.455 e. The summed E-state index contributed by atoms with van der Waals surface area (Å²) in [7, 11) is 0. The summed E-state index contributed by atoms with van der Waals surface area (Å²) in [5.74, 6) is 0.289. The van der Waals surface area contributed by atoms with E-state index in [0.29, 0.717) is 11.5 Å². The van der Waals surface area contributed by atoms with Gasteiger partial charge in [0.1, 0.15) is 11.5 Å². The lowest BCUT2D eigenvalue weighted by Crippen LogP contribution is -2.31. The molecule has 1 aliphatic rings. The number of benzene rings is 2. The summed E-state index contributed by atoms with van der Waals surface area (Å²) in [5, 5.41) is 0. The fourth-order valence-electron chi connectivity index (χ4n) is 3.33. The number of thioether (sulfide) groups is 1. The normalized spacial score (nSPS) is 26.4. The van der Waals surface area contributed by atoms with Crippen molar-refractivity contribution in [3.8, 4) is 0 Å². The smallest absolute Gasteiger partial charge is 0.338 e. The molecule has 4 heteroatoms. The van der Waals surface area contributed by atoms with Crippen LogP contribution >= 0.6 is 11.8 Å². The maximum atomic E-state index is 12.6. The highest BCUT2D eigenvalue weighted by atomic mass is 32.2. The second-order valence-corrected chi connectivity index (χ2v) is 8.05. The van der Waals surface area contributed by atoms with Gasteiger partial charge in [0.05, 0.1) is 11.7 Å². The first-order chi connectivity index (χ1) is 12.6. The summed E-state index contributed by atoms with van der Waals surface area (Å²) in [5.41, 5.74) is 0.384. The van der Waals surface area contributed by atoms with Gasteiger partial charge in [0.15, 0.2) is 0 Å². The third-order valence-corrected chi connectivity index (χ3v) is 6.20. The molecule has 0 N–H and O–H groups in total. The molecular weight excluding hydrogens is 344 g/mol. The van der Waals surface area contributed by atoms with Crippen molar-refractivity contribution in [1.82, 2.24) is 0 Å². The molecule has 0 bridgehead atoms. The minimum atomic E-state index is -0.283. The van der Waals surface area contributed by atoms with Crippen molar-refractivity contribution in [3.05, 3.63) is 66.2 Å². The molecule has 0 aromatic heterocycles. The number of carbonyl (C=O) groups is 1. The third kappa shape index (κ3) is 4.30. The van der Waals surface area contributed by atoms with Crippen molar-refractivity contribution < 1.29 is 14.3 Å². The van der Waals surface area contributed by atoms with E-state index in [0.717, 1.165) is 11.3 Å². The van der Waals surface area contributed by atoms with Gasteiger partial charge in [-0.05, 0) is 30.2 Å². The first-order valence-corrected chi connectivity index (χ1v) is 10.1. The van der Waals surface area contributed by atoms with Gasteiger partial charge in [-0.15, -0.1) is 0 Å². The van der Waals surface area contributed by atoms with Crippen LogP contribution in [0.2, 0.25) is 0 Å². The van der Waals surface area contributed by atoms with Crippen molar-refractivity contribution >= 4 is 17.7 Å². The lowest BCUT2D eigenvalue weighted by molar-refractivity contribution is 0.0125. The van der Waals surface area contributed by atoms with Gasteiger partial charge in [-0.2, -0.15) is 0 Å². The Morgan fingerprint density at radius 1 is 1.12 bits per heavy atom. The molecule has 3 nitrogen and oxygen atoms in total. The van der Waals surface area contributed by atoms with Crippen LogP contribution in [0.25, 0.3) is 0 Å². The second kappa shape index (κ2) is 8.74. The molecule has 0 radical (unpaired) electrons. The highest BCUT2D eigenvalue weighted by molar-refractivity contribution is 7.99. The van der Waals surface area contributed by atoms with E-state index < -0.39 is 0 Å². The molecule has 1 heterocycles. The zero-order valence-corrected chi connectivity index (χ0v) is 16.3. The molecule has 1 aliphatic heterocycles. The van der Waals surface area contributed by atoms with E-state index in [4.69, 9.17) is 9.47 Å². The van der Waals surface area contributed by atoms with Crippen LogP contribution in [-0.4, -0.2) is 23.6 Å². The third-order valence-electron chi connectivity index (χ3n) is 5.05. The van der Waals surface area contributed by atoms with Crippen LogP contribution in [-0.2, 0) is 9.47 Å². The molecule has 1 unspecified atom stereocenters. The Hall–Kier alpha value is -1.78. The van der Waals surface area contributed by atoms with Crippen molar-refractivity contribution in [2.45, 2.75) is 49.7 Å². The van der Waals surface area contributed by atoms with E-state index in [1.54, 1.807) is 23.9 Å². The predicted molar refractivity (Wildman–Crippen MR) is 105 cm³/mol. The Balaban J connectivity index is 1.79. The molecule has 0 saturated carbocycles. The standard InChI is InChI=1S/C22H26O3S/c1-4-15(2)19-16(3)20(24-21(23)17-11-7-5-8-12-17)22(25-19)26-18-13-9-6-10-14-18/h5-16,19-20,22H,4H2,1-3H3/t15-,16-,19+,20?,22+/m1/s1. The molecule has 1 saturated heterocycles. The Bertz CT molecular complexity index is 704. The second-order valence-electron chi connectivity index (χ2n) is 6.88. The number of ether oxygens (including phenoxy) is 2. The van der Waals surface area contributed by atoms with Gasteiger partial charge < -0.3 is 9.47 Å². The SMILES string of the molecule is CC[C@@H](C)[C@@H]1O[C@@H](Sc2ccccc2)C(OC(=O)c2ccccc2)[C@@H]1C. The maximum Gasteiger partial charge on any atom is 0.338 e. The van der Waals surface area contributed by atoms with Crippen LogP contribution < -0.4 is 0 Å². The highest BCUT2D eigenvalue weighted by Crippen LogP contribution is 2.42. The molecule has 3 rings (SSSR count).